The van der Waals surface area contributed by atoms with E-state index < -0.39 is 0 Å². The fourth-order valence-corrected chi connectivity index (χ4v) is 2.95. The number of likely N-dealkylation sites (tertiary alicyclic amines) is 1. The van der Waals surface area contributed by atoms with Crippen LogP contribution in [0.5, 0.6) is 0 Å². The minimum atomic E-state index is 0.218. The maximum atomic E-state index is 12.3. The molecule has 2 aliphatic heterocycles. The van der Waals surface area contributed by atoms with Crippen molar-refractivity contribution >= 4 is 5.91 Å². The van der Waals surface area contributed by atoms with E-state index in [1.165, 1.54) is 0 Å². The SMILES string of the molecule is CC1CC(N(C)C(=O)C2CCNC2)CCN1C. The molecule has 4 heteroatoms. The van der Waals surface area contributed by atoms with Gasteiger partial charge < -0.3 is 15.1 Å². The smallest absolute Gasteiger partial charge is 0.227 e. The third kappa shape index (κ3) is 2.80. The Labute approximate surface area is 104 Å². The van der Waals surface area contributed by atoms with Crippen LogP contribution >= 0.6 is 0 Å². The molecule has 0 aromatic rings. The lowest BCUT2D eigenvalue weighted by molar-refractivity contribution is -0.136. The monoisotopic (exact) mass is 239 g/mol. The lowest BCUT2D eigenvalue weighted by atomic mass is 9.96. The Kier molecular flexibility index (Phi) is 4.05. The molecule has 2 aliphatic rings. The summed E-state index contributed by atoms with van der Waals surface area (Å²) in [4.78, 5) is 16.7. The van der Waals surface area contributed by atoms with E-state index in [1.807, 2.05) is 11.9 Å². The van der Waals surface area contributed by atoms with Crippen molar-refractivity contribution in [1.29, 1.82) is 0 Å². The van der Waals surface area contributed by atoms with Crippen LogP contribution in [0, 0.1) is 5.92 Å². The van der Waals surface area contributed by atoms with Gasteiger partial charge in [-0.15, -0.1) is 0 Å². The van der Waals surface area contributed by atoms with Crippen LogP contribution < -0.4 is 5.32 Å². The normalized spacial score (nSPS) is 34.9. The van der Waals surface area contributed by atoms with Crippen LogP contribution in [-0.2, 0) is 4.79 Å². The second-order valence-electron chi connectivity index (χ2n) is 5.65. The molecule has 0 radical (unpaired) electrons. The Bertz CT molecular complexity index is 276. The van der Waals surface area contributed by atoms with Gasteiger partial charge in [0.2, 0.25) is 5.91 Å². The van der Waals surface area contributed by atoms with Crippen molar-refractivity contribution in [3.63, 3.8) is 0 Å². The lowest BCUT2D eigenvalue weighted by Gasteiger charge is -2.40. The van der Waals surface area contributed by atoms with Gasteiger partial charge in [-0.1, -0.05) is 0 Å². The van der Waals surface area contributed by atoms with E-state index in [4.69, 9.17) is 0 Å². The Morgan fingerprint density at radius 3 is 2.76 bits per heavy atom. The van der Waals surface area contributed by atoms with E-state index in [0.29, 0.717) is 18.0 Å². The highest BCUT2D eigenvalue weighted by molar-refractivity contribution is 5.79. The molecule has 0 aliphatic carbocycles. The van der Waals surface area contributed by atoms with Gasteiger partial charge in [0, 0.05) is 32.2 Å². The van der Waals surface area contributed by atoms with Gasteiger partial charge in [-0.25, -0.2) is 0 Å². The van der Waals surface area contributed by atoms with Gasteiger partial charge in [-0.3, -0.25) is 4.79 Å². The lowest BCUT2D eigenvalue weighted by Crippen LogP contribution is -2.49. The minimum absolute atomic E-state index is 0.218. The van der Waals surface area contributed by atoms with Crippen molar-refractivity contribution in [3.8, 4) is 0 Å². The Morgan fingerprint density at radius 1 is 1.41 bits per heavy atom. The molecule has 1 amide bonds. The Morgan fingerprint density at radius 2 is 2.18 bits per heavy atom. The molecule has 3 atom stereocenters. The number of nitrogens with zero attached hydrogens (tertiary/aromatic N) is 2. The summed E-state index contributed by atoms with van der Waals surface area (Å²) < 4.78 is 0. The predicted molar refractivity (Wildman–Crippen MR) is 68.9 cm³/mol. The largest absolute Gasteiger partial charge is 0.342 e. The van der Waals surface area contributed by atoms with Gasteiger partial charge in [-0.05, 0) is 39.8 Å². The first-order valence-corrected chi connectivity index (χ1v) is 6.77. The fourth-order valence-electron chi connectivity index (χ4n) is 2.95. The zero-order valence-corrected chi connectivity index (χ0v) is 11.3. The quantitative estimate of drug-likeness (QED) is 0.764. The molecule has 0 aromatic carbocycles. The van der Waals surface area contributed by atoms with Crippen molar-refractivity contribution in [1.82, 2.24) is 15.1 Å². The maximum absolute atomic E-state index is 12.3. The fraction of sp³-hybridized carbons (Fsp3) is 0.923. The van der Waals surface area contributed by atoms with Crippen molar-refractivity contribution in [2.75, 3.05) is 33.7 Å². The summed E-state index contributed by atoms with van der Waals surface area (Å²) in [5.41, 5.74) is 0. The summed E-state index contributed by atoms with van der Waals surface area (Å²) in [6, 6.07) is 1.03. The number of hydrogen-bond donors (Lipinski definition) is 1. The van der Waals surface area contributed by atoms with Crippen LogP contribution in [0.3, 0.4) is 0 Å². The summed E-state index contributed by atoms with van der Waals surface area (Å²) in [5, 5.41) is 3.27. The van der Waals surface area contributed by atoms with Crippen LogP contribution in [-0.4, -0.2) is 61.5 Å². The Balaban J connectivity index is 1.90. The molecule has 0 saturated carbocycles. The number of nitrogens with one attached hydrogen (secondary N) is 1. The molecule has 1 N–H and O–H groups in total. The molecule has 3 unspecified atom stereocenters. The summed E-state index contributed by atoms with van der Waals surface area (Å²) in [6.45, 7) is 5.22. The average Bonchev–Trinajstić information content (AvgIpc) is 2.84. The molecule has 2 fully saturated rings. The van der Waals surface area contributed by atoms with Gasteiger partial charge in [0.25, 0.3) is 0 Å². The summed E-state index contributed by atoms with van der Waals surface area (Å²) >= 11 is 0. The summed E-state index contributed by atoms with van der Waals surface area (Å²) in [7, 11) is 4.16. The third-order valence-corrected chi connectivity index (χ3v) is 4.49. The number of carbonyl (C=O) groups is 1. The Hall–Kier alpha value is -0.610. The van der Waals surface area contributed by atoms with Crippen LogP contribution in [0.25, 0.3) is 0 Å². The van der Waals surface area contributed by atoms with E-state index in [1.54, 1.807) is 0 Å². The van der Waals surface area contributed by atoms with Gasteiger partial charge in [0.15, 0.2) is 0 Å². The van der Waals surface area contributed by atoms with E-state index in [9.17, 15) is 4.79 Å². The number of amides is 1. The van der Waals surface area contributed by atoms with Gasteiger partial charge >= 0.3 is 0 Å². The van der Waals surface area contributed by atoms with Gasteiger partial charge in [0.1, 0.15) is 0 Å². The van der Waals surface area contributed by atoms with Crippen molar-refractivity contribution in [3.05, 3.63) is 0 Å². The predicted octanol–water partition coefficient (Wildman–Crippen LogP) is 0.537. The van der Waals surface area contributed by atoms with Crippen molar-refractivity contribution in [2.24, 2.45) is 5.92 Å². The summed E-state index contributed by atoms with van der Waals surface area (Å²) in [6.07, 6.45) is 3.23. The van der Waals surface area contributed by atoms with E-state index in [0.717, 1.165) is 38.9 Å². The second-order valence-corrected chi connectivity index (χ2v) is 5.65. The standard InChI is InChI=1S/C13H25N3O/c1-10-8-12(5-7-15(10)2)16(3)13(17)11-4-6-14-9-11/h10-12,14H,4-9H2,1-3H3. The zero-order chi connectivity index (χ0) is 12.4. The highest BCUT2D eigenvalue weighted by Gasteiger charge is 2.32. The molecular weight excluding hydrogens is 214 g/mol. The van der Waals surface area contributed by atoms with Gasteiger partial charge in [-0.2, -0.15) is 0 Å². The first kappa shape index (κ1) is 12.8. The average molecular weight is 239 g/mol. The number of hydrogen-bond acceptors (Lipinski definition) is 3. The molecule has 0 aromatic heterocycles. The number of rotatable bonds is 2. The molecule has 98 valence electrons. The van der Waals surface area contributed by atoms with Crippen LogP contribution in [0.15, 0.2) is 0 Å². The van der Waals surface area contributed by atoms with E-state index in [-0.39, 0.29) is 5.92 Å². The zero-order valence-electron chi connectivity index (χ0n) is 11.3. The number of carbonyl (C=O) groups excluding carboxylic acids is 1. The highest BCUT2D eigenvalue weighted by atomic mass is 16.2. The molecule has 4 nitrogen and oxygen atoms in total. The molecule has 2 heterocycles. The summed E-state index contributed by atoms with van der Waals surface area (Å²) in [5.74, 6) is 0.562. The van der Waals surface area contributed by atoms with Crippen molar-refractivity contribution in [2.45, 2.75) is 38.3 Å². The molecule has 0 bridgehead atoms. The molecular formula is C13H25N3O. The molecule has 2 saturated heterocycles. The molecule has 2 rings (SSSR count). The number of piperidine rings is 1. The van der Waals surface area contributed by atoms with Crippen molar-refractivity contribution < 1.29 is 4.79 Å². The topological polar surface area (TPSA) is 35.6 Å². The molecule has 17 heavy (non-hydrogen) atoms. The first-order valence-electron chi connectivity index (χ1n) is 6.77. The van der Waals surface area contributed by atoms with E-state index in [2.05, 4.69) is 24.2 Å². The van der Waals surface area contributed by atoms with Gasteiger partial charge in [0.05, 0.1) is 5.92 Å². The third-order valence-electron chi connectivity index (χ3n) is 4.49. The maximum Gasteiger partial charge on any atom is 0.227 e. The molecule has 0 spiro atoms. The van der Waals surface area contributed by atoms with Crippen LogP contribution in [0.1, 0.15) is 26.2 Å². The van der Waals surface area contributed by atoms with E-state index >= 15 is 0 Å². The highest BCUT2D eigenvalue weighted by Crippen LogP contribution is 2.22. The second kappa shape index (κ2) is 5.36. The van der Waals surface area contributed by atoms with Crippen LogP contribution in [0.2, 0.25) is 0 Å². The minimum Gasteiger partial charge on any atom is -0.342 e. The first-order chi connectivity index (χ1) is 8.09. The van der Waals surface area contributed by atoms with Crippen LogP contribution in [0.4, 0.5) is 0 Å².